The van der Waals surface area contributed by atoms with Crippen molar-refractivity contribution in [3.63, 3.8) is 0 Å². The Balaban J connectivity index is 2.62. The summed E-state index contributed by atoms with van der Waals surface area (Å²) in [7, 11) is 0. The molecule has 0 bridgehead atoms. The number of nitrogens with one attached hydrogen (secondary N) is 1. The Kier molecular flexibility index (Phi) is 5.29. The summed E-state index contributed by atoms with van der Waals surface area (Å²) in [5.74, 6) is 0. The molecule has 0 unspecified atom stereocenters. The summed E-state index contributed by atoms with van der Waals surface area (Å²) in [6.07, 6.45) is -2.51. The van der Waals surface area contributed by atoms with Crippen LogP contribution in [0.15, 0.2) is 18.2 Å². The molecule has 1 aromatic carbocycles. The van der Waals surface area contributed by atoms with Gasteiger partial charge in [-0.25, -0.2) is 0 Å². The van der Waals surface area contributed by atoms with Crippen LogP contribution in [0.5, 0.6) is 0 Å². The lowest BCUT2D eigenvalue weighted by Gasteiger charge is -2.12. The van der Waals surface area contributed by atoms with E-state index in [1.165, 1.54) is 6.07 Å². The SMILES string of the molecule is N#CCCCCNc1cc(C(F)(F)F)ccc1Cl. The largest absolute Gasteiger partial charge is 0.416 e. The minimum atomic E-state index is -4.37. The zero-order valence-corrected chi connectivity index (χ0v) is 10.3. The van der Waals surface area contributed by atoms with Crippen LogP contribution in [0.2, 0.25) is 5.02 Å². The molecular formula is C12H12ClF3N2. The monoisotopic (exact) mass is 276 g/mol. The number of hydrogen-bond acceptors (Lipinski definition) is 2. The Labute approximate surface area is 108 Å². The van der Waals surface area contributed by atoms with E-state index in [2.05, 4.69) is 5.32 Å². The van der Waals surface area contributed by atoms with E-state index in [0.717, 1.165) is 12.1 Å². The van der Waals surface area contributed by atoms with E-state index < -0.39 is 11.7 Å². The molecule has 1 aromatic rings. The van der Waals surface area contributed by atoms with Gasteiger partial charge in [-0.2, -0.15) is 18.4 Å². The van der Waals surface area contributed by atoms with Crippen LogP contribution in [-0.4, -0.2) is 6.54 Å². The highest BCUT2D eigenvalue weighted by molar-refractivity contribution is 6.33. The lowest BCUT2D eigenvalue weighted by Crippen LogP contribution is -2.07. The van der Waals surface area contributed by atoms with Gasteiger partial charge in [-0.3, -0.25) is 0 Å². The summed E-state index contributed by atoms with van der Waals surface area (Å²) in [4.78, 5) is 0. The average Bonchev–Trinajstić information content (AvgIpc) is 2.29. The Morgan fingerprint density at radius 2 is 2.00 bits per heavy atom. The molecular weight excluding hydrogens is 265 g/mol. The lowest BCUT2D eigenvalue weighted by atomic mass is 10.2. The van der Waals surface area contributed by atoms with Gasteiger partial charge < -0.3 is 5.32 Å². The van der Waals surface area contributed by atoms with Gasteiger partial charge in [0.25, 0.3) is 0 Å². The van der Waals surface area contributed by atoms with Crippen LogP contribution in [0, 0.1) is 11.3 Å². The molecule has 0 aliphatic rings. The van der Waals surface area contributed by atoms with Crippen LogP contribution in [0.4, 0.5) is 18.9 Å². The Bertz CT molecular complexity index is 438. The number of benzene rings is 1. The maximum absolute atomic E-state index is 12.5. The highest BCUT2D eigenvalue weighted by atomic mass is 35.5. The van der Waals surface area contributed by atoms with Gasteiger partial charge in [0.1, 0.15) is 0 Å². The summed E-state index contributed by atoms with van der Waals surface area (Å²) in [5.41, 5.74) is -0.463. The van der Waals surface area contributed by atoms with Crippen LogP contribution in [0.25, 0.3) is 0 Å². The molecule has 2 nitrogen and oxygen atoms in total. The maximum atomic E-state index is 12.5. The van der Waals surface area contributed by atoms with Crippen molar-refractivity contribution in [2.75, 3.05) is 11.9 Å². The number of hydrogen-bond donors (Lipinski definition) is 1. The fourth-order valence-corrected chi connectivity index (χ4v) is 1.57. The average molecular weight is 277 g/mol. The first-order valence-electron chi connectivity index (χ1n) is 5.42. The molecule has 98 valence electrons. The number of rotatable bonds is 5. The molecule has 0 heterocycles. The van der Waals surface area contributed by atoms with Crippen molar-refractivity contribution in [3.05, 3.63) is 28.8 Å². The van der Waals surface area contributed by atoms with Gasteiger partial charge in [-0.15, -0.1) is 0 Å². The Morgan fingerprint density at radius 1 is 1.28 bits per heavy atom. The minimum absolute atomic E-state index is 0.253. The van der Waals surface area contributed by atoms with Gasteiger partial charge >= 0.3 is 6.18 Å². The smallest absolute Gasteiger partial charge is 0.384 e. The fourth-order valence-electron chi connectivity index (χ4n) is 1.39. The molecule has 1 N–H and O–H groups in total. The molecule has 0 amide bonds. The van der Waals surface area contributed by atoms with E-state index in [-0.39, 0.29) is 10.7 Å². The first-order chi connectivity index (χ1) is 8.45. The molecule has 0 spiro atoms. The van der Waals surface area contributed by atoms with Crippen LogP contribution in [0.1, 0.15) is 24.8 Å². The zero-order valence-electron chi connectivity index (χ0n) is 9.52. The topological polar surface area (TPSA) is 35.8 Å². The molecule has 1 rings (SSSR count). The van der Waals surface area contributed by atoms with Gasteiger partial charge in [0.15, 0.2) is 0 Å². The molecule has 0 radical (unpaired) electrons. The zero-order chi connectivity index (χ0) is 13.6. The molecule has 0 saturated heterocycles. The van der Waals surface area contributed by atoms with Gasteiger partial charge in [0.2, 0.25) is 0 Å². The normalized spacial score (nSPS) is 11.1. The van der Waals surface area contributed by atoms with Crippen LogP contribution < -0.4 is 5.32 Å². The van der Waals surface area contributed by atoms with E-state index >= 15 is 0 Å². The number of nitriles is 1. The van der Waals surface area contributed by atoms with Gasteiger partial charge in [-0.1, -0.05) is 11.6 Å². The summed E-state index contributed by atoms with van der Waals surface area (Å²) in [5, 5.41) is 11.4. The molecule has 0 saturated carbocycles. The number of halogens is 4. The number of nitrogens with zero attached hydrogens (tertiary/aromatic N) is 1. The van der Waals surface area contributed by atoms with Crippen molar-refractivity contribution in [1.29, 1.82) is 5.26 Å². The maximum Gasteiger partial charge on any atom is 0.416 e. The molecule has 0 atom stereocenters. The Morgan fingerprint density at radius 3 is 2.61 bits per heavy atom. The third-order valence-corrected chi connectivity index (χ3v) is 2.65. The van der Waals surface area contributed by atoms with Gasteiger partial charge in [-0.05, 0) is 31.0 Å². The molecule has 0 aliphatic carbocycles. The van der Waals surface area contributed by atoms with E-state index in [1.807, 2.05) is 6.07 Å². The number of alkyl halides is 3. The predicted octanol–water partition coefficient (Wildman–Crippen LogP) is 4.46. The standard InChI is InChI=1S/C12H12ClF3N2/c13-10-5-4-9(12(14,15)16)8-11(10)18-7-3-1-2-6-17/h4-5,8,18H,1-3,7H2. The van der Waals surface area contributed by atoms with Crippen LogP contribution in [-0.2, 0) is 6.18 Å². The second-order valence-electron chi connectivity index (χ2n) is 3.73. The molecule has 6 heteroatoms. The van der Waals surface area contributed by atoms with Crippen molar-refractivity contribution in [1.82, 2.24) is 0 Å². The summed E-state index contributed by atoms with van der Waals surface area (Å²) in [6.45, 7) is 0.489. The molecule has 0 aromatic heterocycles. The van der Waals surface area contributed by atoms with E-state index in [0.29, 0.717) is 25.8 Å². The predicted molar refractivity (Wildman–Crippen MR) is 64.4 cm³/mol. The number of unbranched alkanes of at least 4 members (excludes halogenated alkanes) is 2. The van der Waals surface area contributed by atoms with E-state index in [4.69, 9.17) is 16.9 Å². The second-order valence-corrected chi connectivity index (χ2v) is 4.14. The second kappa shape index (κ2) is 6.50. The third-order valence-electron chi connectivity index (χ3n) is 2.32. The van der Waals surface area contributed by atoms with Gasteiger partial charge in [0.05, 0.1) is 22.3 Å². The highest BCUT2D eigenvalue weighted by Crippen LogP contribution is 2.33. The summed E-state index contributed by atoms with van der Waals surface area (Å²) in [6, 6.07) is 5.17. The van der Waals surface area contributed by atoms with Gasteiger partial charge in [0, 0.05) is 13.0 Å². The first kappa shape index (κ1) is 14.7. The van der Waals surface area contributed by atoms with Crippen molar-refractivity contribution >= 4 is 17.3 Å². The van der Waals surface area contributed by atoms with Crippen molar-refractivity contribution in [3.8, 4) is 6.07 Å². The van der Waals surface area contributed by atoms with Crippen LogP contribution >= 0.6 is 11.6 Å². The highest BCUT2D eigenvalue weighted by Gasteiger charge is 2.30. The first-order valence-corrected chi connectivity index (χ1v) is 5.80. The minimum Gasteiger partial charge on any atom is -0.384 e. The molecule has 0 aliphatic heterocycles. The van der Waals surface area contributed by atoms with E-state index in [9.17, 15) is 13.2 Å². The molecule has 18 heavy (non-hydrogen) atoms. The van der Waals surface area contributed by atoms with Crippen molar-refractivity contribution in [2.45, 2.75) is 25.4 Å². The quantitative estimate of drug-likeness (QED) is 0.806. The molecule has 0 fully saturated rings. The number of anilines is 1. The van der Waals surface area contributed by atoms with Crippen molar-refractivity contribution in [2.24, 2.45) is 0 Å². The van der Waals surface area contributed by atoms with Crippen molar-refractivity contribution < 1.29 is 13.2 Å². The third kappa shape index (κ3) is 4.46. The fraction of sp³-hybridized carbons (Fsp3) is 0.417. The summed E-state index contributed by atoms with van der Waals surface area (Å²) >= 11 is 5.80. The Hall–Kier alpha value is -1.41. The van der Waals surface area contributed by atoms with Crippen LogP contribution in [0.3, 0.4) is 0 Å². The lowest BCUT2D eigenvalue weighted by molar-refractivity contribution is -0.137. The summed E-state index contributed by atoms with van der Waals surface area (Å²) < 4.78 is 37.4. The van der Waals surface area contributed by atoms with E-state index in [1.54, 1.807) is 0 Å².